The summed E-state index contributed by atoms with van der Waals surface area (Å²) in [6, 6.07) is 54.2. The number of hydrogen-bond acceptors (Lipinski definition) is 3. The van der Waals surface area contributed by atoms with Gasteiger partial charge < -0.3 is 9.80 Å². The van der Waals surface area contributed by atoms with Gasteiger partial charge in [0.05, 0.1) is 5.69 Å². The van der Waals surface area contributed by atoms with Gasteiger partial charge in [0.2, 0.25) is 0 Å². The van der Waals surface area contributed by atoms with Crippen molar-refractivity contribution in [2.75, 3.05) is 9.80 Å². The summed E-state index contributed by atoms with van der Waals surface area (Å²) in [5.41, 5.74) is 19.3. The Bertz CT molecular complexity index is 3070. The first-order chi connectivity index (χ1) is 29.3. The van der Waals surface area contributed by atoms with Gasteiger partial charge in [-0.15, -0.1) is 11.3 Å². The molecule has 0 radical (unpaired) electrons. The highest BCUT2D eigenvalue weighted by Crippen LogP contribution is 2.49. The van der Waals surface area contributed by atoms with Gasteiger partial charge in [0, 0.05) is 54.2 Å². The predicted octanol–water partition coefficient (Wildman–Crippen LogP) is 15.0. The SMILES string of the molecule is CC(C)(C)c1ccc(N2c3ccc(C(C)(C)C)cc3B3c4cc(C(C)(C)C)ccc4N(c4ccc(C(C)(C)C)cc4-c4ccc5sc6ccccc6c5c4)c4cccc2c43)cc1. The van der Waals surface area contributed by atoms with Crippen LogP contribution < -0.4 is 26.2 Å². The maximum atomic E-state index is 2.61. The zero-order valence-electron chi connectivity index (χ0n) is 38.7. The van der Waals surface area contributed by atoms with Crippen molar-refractivity contribution in [1.82, 2.24) is 0 Å². The molecule has 0 bridgehead atoms. The smallest absolute Gasteiger partial charge is 0.252 e. The summed E-state index contributed by atoms with van der Waals surface area (Å²) in [7, 11) is 0. The van der Waals surface area contributed by atoms with Gasteiger partial charge in [0.25, 0.3) is 6.71 Å². The number of fused-ring (bicyclic) bond motifs is 7. The lowest BCUT2D eigenvalue weighted by molar-refractivity contribution is 0.590. The molecule has 10 rings (SSSR count). The molecule has 0 fully saturated rings. The van der Waals surface area contributed by atoms with Gasteiger partial charge in [-0.05, 0) is 133 Å². The number of anilines is 6. The second-order valence-electron chi connectivity index (χ2n) is 21.9. The van der Waals surface area contributed by atoms with Crippen LogP contribution in [0.3, 0.4) is 0 Å². The van der Waals surface area contributed by atoms with Crippen LogP contribution in [0.4, 0.5) is 34.1 Å². The van der Waals surface area contributed by atoms with Crippen LogP contribution >= 0.6 is 11.3 Å². The summed E-state index contributed by atoms with van der Waals surface area (Å²) < 4.78 is 2.66. The summed E-state index contributed by atoms with van der Waals surface area (Å²) >= 11 is 1.88. The molecule has 0 spiro atoms. The summed E-state index contributed by atoms with van der Waals surface area (Å²) in [6.07, 6.45) is 0. The van der Waals surface area contributed by atoms with E-state index in [1.165, 1.54) is 104 Å². The average Bonchev–Trinajstić information content (AvgIpc) is 3.60. The van der Waals surface area contributed by atoms with E-state index in [1.807, 2.05) is 11.3 Å². The summed E-state index contributed by atoms with van der Waals surface area (Å²) in [5, 5.41) is 2.64. The Balaban J connectivity index is 1.28. The van der Waals surface area contributed by atoms with Crippen molar-refractivity contribution >= 4 is 88.7 Å². The van der Waals surface area contributed by atoms with Crippen LogP contribution in [0.2, 0.25) is 0 Å². The molecular formula is C58H59BN2S. The third kappa shape index (κ3) is 6.60. The Morgan fingerprint density at radius 2 is 0.887 bits per heavy atom. The summed E-state index contributed by atoms with van der Waals surface area (Å²) in [6.45, 7) is 28.0. The lowest BCUT2D eigenvalue weighted by Crippen LogP contribution is -2.61. The van der Waals surface area contributed by atoms with Gasteiger partial charge in [-0.2, -0.15) is 0 Å². The van der Waals surface area contributed by atoms with Crippen molar-refractivity contribution < 1.29 is 0 Å². The third-order valence-electron chi connectivity index (χ3n) is 13.5. The molecule has 4 heteroatoms. The van der Waals surface area contributed by atoms with Crippen LogP contribution in [0, 0.1) is 0 Å². The Morgan fingerprint density at radius 1 is 0.387 bits per heavy atom. The van der Waals surface area contributed by atoms with Crippen molar-refractivity contribution in [3.8, 4) is 11.1 Å². The lowest BCUT2D eigenvalue weighted by Gasteiger charge is -2.45. The molecule has 62 heavy (non-hydrogen) atoms. The van der Waals surface area contributed by atoms with E-state index in [4.69, 9.17) is 0 Å². The van der Waals surface area contributed by atoms with Gasteiger partial charge >= 0.3 is 0 Å². The van der Waals surface area contributed by atoms with E-state index in [-0.39, 0.29) is 28.4 Å². The molecule has 1 aromatic heterocycles. The number of hydrogen-bond donors (Lipinski definition) is 0. The molecule has 0 aliphatic carbocycles. The van der Waals surface area contributed by atoms with Crippen LogP contribution in [0.25, 0.3) is 31.3 Å². The summed E-state index contributed by atoms with van der Waals surface area (Å²) in [5.74, 6) is 0. The number of benzene rings is 7. The Hall–Kier alpha value is -5.58. The molecule has 8 aromatic rings. The van der Waals surface area contributed by atoms with Crippen LogP contribution in [0.5, 0.6) is 0 Å². The standard InChI is InChI=1S/C58H59BN2S/c1-55(2,3)37-21-26-41(27-22-37)60-48-29-24-39(57(7,8)9)34-45(48)59-46-35-40(58(10,11)12)25-30-49(46)61(51-18-15-17-50(60)54(51)59)47-28-23-38(56(4,5)6)33-43(47)36-20-31-53-44(32-36)42-16-13-14-19-52(42)62-53/h13-35H,1-12H3. The van der Waals surface area contributed by atoms with E-state index in [2.05, 4.69) is 232 Å². The highest BCUT2D eigenvalue weighted by molar-refractivity contribution is 7.25. The highest BCUT2D eigenvalue weighted by atomic mass is 32.1. The van der Waals surface area contributed by atoms with Crippen molar-refractivity contribution in [3.63, 3.8) is 0 Å². The maximum absolute atomic E-state index is 2.61. The van der Waals surface area contributed by atoms with E-state index in [0.29, 0.717) is 0 Å². The molecule has 0 amide bonds. The second-order valence-corrected chi connectivity index (χ2v) is 23.0. The molecule has 2 aliphatic rings. The molecule has 0 saturated heterocycles. The van der Waals surface area contributed by atoms with Crippen LogP contribution in [0.1, 0.15) is 105 Å². The molecule has 0 N–H and O–H groups in total. The molecule has 0 unspecified atom stereocenters. The Morgan fingerprint density at radius 3 is 1.48 bits per heavy atom. The van der Waals surface area contributed by atoms with Gasteiger partial charge in [-0.25, -0.2) is 0 Å². The van der Waals surface area contributed by atoms with E-state index in [1.54, 1.807) is 0 Å². The summed E-state index contributed by atoms with van der Waals surface area (Å²) in [4.78, 5) is 5.15. The predicted molar refractivity (Wildman–Crippen MR) is 274 cm³/mol. The average molecular weight is 827 g/mol. The zero-order chi connectivity index (χ0) is 43.7. The van der Waals surface area contributed by atoms with E-state index in [9.17, 15) is 0 Å². The highest BCUT2D eigenvalue weighted by Gasteiger charge is 2.44. The van der Waals surface area contributed by atoms with Crippen LogP contribution in [-0.4, -0.2) is 6.71 Å². The minimum absolute atomic E-state index is 0.0105. The van der Waals surface area contributed by atoms with Gasteiger partial charge in [0.15, 0.2) is 0 Å². The zero-order valence-corrected chi connectivity index (χ0v) is 39.5. The van der Waals surface area contributed by atoms with Crippen LogP contribution in [0.15, 0.2) is 140 Å². The number of nitrogens with zero attached hydrogens (tertiary/aromatic N) is 2. The molecule has 310 valence electrons. The fraction of sp³-hybridized carbons (Fsp3) is 0.276. The number of thiophene rings is 1. The number of rotatable bonds is 3. The van der Waals surface area contributed by atoms with Gasteiger partial charge in [0.1, 0.15) is 0 Å². The molecule has 3 heterocycles. The van der Waals surface area contributed by atoms with Crippen molar-refractivity contribution in [3.05, 3.63) is 162 Å². The minimum Gasteiger partial charge on any atom is -0.311 e. The van der Waals surface area contributed by atoms with E-state index in [0.717, 1.165) is 0 Å². The van der Waals surface area contributed by atoms with Gasteiger partial charge in [-0.3, -0.25) is 0 Å². The first kappa shape index (κ1) is 40.5. The fourth-order valence-corrected chi connectivity index (χ4v) is 10.9. The normalized spacial score (nSPS) is 14.0. The molecule has 7 aromatic carbocycles. The van der Waals surface area contributed by atoms with Crippen molar-refractivity contribution in [2.24, 2.45) is 0 Å². The quantitative estimate of drug-likeness (QED) is 0.164. The molecule has 2 nitrogen and oxygen atoms in total. The fourth-order valence-electron chi connectivity index (χ4n) is 9.85. The monoisotopic (exact) mass is 826 g/mol. The van der Waals surface area contributed by atoms with Gasteiger partial charge in [-0.1, -0.05) is 156 Å². The maximum Gasteiger partial charge on any atom is 0.252 e. The minimum atomic E-state index is -0.0254. The molecule has 0 saturated carbocycles. The van der Waals surface area contributed by atoms with E-state index >= 15 is 0 Å². The molecule has 2 aliphatic heterocycles. The Labute approximate surface area is 374 Å². The Kier molecular flexibility index (Phi) is 9.12. The second kappa shape index (κ2) is 14.0. The largest absolute Gasteiger partial charge is 0.311 e. The van der Waals surface area contributed by atoms with Crippen molar-refractivity contribution in [1.29, 1.82) is 0 Å². The van der Waals surface area contributed by atoms with Crippen molar-refractivity contribution in [2.45, 2.75) is 105 Å². The van der Waals surface area contributed by atoms with Crippen LogP contribution in [-0.2, 0) is 21.7 Å². The first-order valence-corrected chi connectivity index (χ1v) is 23.3. The van der Waals surface area contributed by atoms with E-state index < -0.39 is 0 Å². The third-order valence-corrected chi connectivity index (χ3v) is 14.7. The first-order valence-electron chi connectivity index (χ1n) is 22.5. The molecule has 0 atom stereocenters. The lowest BCUT2D eigenvalue weighted by atomic mass is 9.33. The molecular weight excluding hydrogens is 768 g/mol. The topological polar surface area (TPSA) is 6.48 Å².